The van der Waals surface area contributed by atoms with E-state index in [4.69, 9.17) is 0 Å². The van der Waals surface area contributed by atoms with Crippen LogP contribution in [-0.4, -0.2) is 22.2 Å². The number of carboxylic acids is 2. The molecule has 0 amide bonds. The van der Waals surface area contributed by atoms with Gasteiger partial charge in [0.1, 0.15) is 0 Å². The Kier molecular flexibility index (Phi) is 3.99. The van der Waals surface area contributed by atoms with E-state index in [1.165, 1.54) is 18.2 Å². The Balaban J connectivity index is 2.64. The first kappa shape index (κ1) is 14.8. The largest absolute Gasteiger partial charge is 0.481 e. The van der Waals surface area contributed by atoms with E-state index in [1.54, 1.807) is 19.1 Å². The molecule has 0 saturated heterocycles. The molecule has 0 saturated carbocycles. The van der Waals surface area contributed by atoms with Crippen LogP contribution in [0.4, 0.5) is 0 Å². The molecule has 0 bridgehead atoms. The van der Waals surface area contributed by atoms with Gasteiger partial charge in [0, 0.05) is 14.6 Å². The van der Waals surface area contributed by atoms with E-state index in [2.05, 4.69) is 22.6 Å². The summed E-state index contributed by atoms with van der Waals surface area (Å²) in [5, 5.41) is 18.8. The van der Waals surface area contributed by atoms with Crippen LogP contribution in [0.15, 0.2) is 48.1 Å². The summed E-state index contributed by atoms with van der Waals surface area (Å²) >= 11 is 2.15. The number of aliphatic carboxylic acids is 2. The zero-order chi connectivity index (χ0) is 14.9. The van der Waals surface area contributed by atoms with E-state index in [1.807, 2.05) is 12.1 Å². The Morgan fingerprint density at radius 2 is 1.80 bits per heavy atom. The molecule has 0 heterocycles. The van der Waals surface area contributed by atoms with Crippen molar-refractivity contribution in [1.82, 2.24) is 0 Å². The molecule has 0 fully saturated rings. The van der Waals surface area contributed by atoms with Crippen LogP contribution in [0.25, 0.3) is 0 Å². The summed E-state index contributed by atoms with van der Waals surface area (Å²) in [5.74, 6) is -3.03. The topological polar surface area (TPSA) is 74.6 Å². The molecule has 1 aliphatic rings. The monoisotopic (exact) mass is 384 g/mol. The average Bonchev–Trinajstić information content (AvgIpc) is 2.38. The van der Waals surface area contributed by atoms with Crippen LogP contribution in [0.2, 0.25) is 0 Å². The third kappa shape index (κ3) is 2.37. The molecule has 2 unspecified atom stereocenters. The van der Waals surface area contributed by atoms with E-state index in [9.17, 15) is 19.8 Å². The maximum Gasteiger partial charge on any atom is 0.332 e. The Bertz CT molecular complexity index is 615. The Hall–Kier alpha value is -1.63. The second-order valence-corrected chi connectivity index (χ2v) is 6.04. The molecule has 0 spiro atoms. The van der Waals surface area contributed by atoms with Gasteiger partial charge in [-0.1, -0.05) is 30.4 Å². The van der Waals surface area contributed by atoms with Gasteiger partial charge in [0.15, 0.2) is 0 Å². The highest BCUT2D eigenvalue weighted by molar-refractivity contribution is 14.1. The summed E-state index contributed by atoms with van der Waals surface area (Å²) in [4.78, 5) is 23.0. The Morgan fingerprint density at radius 3 is 2.30 bits per heavy atom. The van der Waals surface area contributed by atoms with Gasteiger partial charge < -0.3 is 10.2 Å². The number of rotatable bonds is 3. The molecule has 5 heteroatoms. The first-order chi connectivity index (χ1) is 9.37. The zero-order valence-electron chi connectivity index (χ0n) is 10.7. The van der Waals surface area contributed by atoms with Crippen LogP contribution in [0.3, 0.4) is 0 Å². The van der Waals surface area contributed by atoms with Crippen LogP contribution in [0, 0.1) is 9.49 Å². The van der Waals surface area contributed by atoms with Crippen LogP contribution in [-0.2, 0) is 15.0 Å². The highest BCUT2D eigenvalue weighted by atomic mass is 127. The van der Waals surface area contributed by atoms with Gasteiger partial charge in [-0.15, -0.1) is 0 Å². The fourth-order valence-electron chi connectivity index (χ4n) is 2.55. The molecule has 2 N–H and O–H groups in total. The van der Waals surface area contributed by atoms with Crippen molar-refractivity contribution in [2.75, 3.05) is 0 Å². The van der Waals surface area contributed by atoms with Crippen LogP contribution >= 0.6 is 22.6 Å². The van der Waals surface area contributed by atoms with Crippen molar-refractivity contribution in [1.29, 1.82) is 0 Å². The molecular weight excluding hydrogens is 371 g/mol. The van der Waals surface area contributed by atoms with Gasteiger partial charge >= 0.3 is 11.9 Å². The van der Waals surface area contributed by atoms with E-state index in [-0.39, 0.29) is 5.57 Å². The lowest BCUT2D eigenvalue weighted by Crippen LogP contribution is -2.41. The molecular formula is C15H13IO4. The second kappa shape index (κ2) is 5.40. The summed E-state index contributed by atoms with van der Waals surface area (Å²) in [5.41, 5.74) is -0.312. The minimum absolute atomic E-state index is 0.0913. The highest BCUT2D eigenvalue weighted by Gasteiger charge is 2.46. The molecule has 0 aromatic heterocycles. The van der Waals surface area contributed by atoms with Gasteiger partial charge in [0.05, 0.1) is 5.92 Å². The molecule has 2 rings (SSSR count). The van der Waals surface area contributed by atoms with Gasteiger partial charge in [0.25, 0.3) is 0 Å². The van der Waals surface area contributed by atoms with Crippen molar-refractivity contribution in [3.8, 4) is 0 Å². The van der Waals surface area contributed by atoms with Gasteiger partial charge in [-0.25, -0.2) is 4.79 Å². The molecule has 20 heavy (non-hydrogen) atoms. The van der Waals surface area contributed by atoms with Crippen LogP contribution < -0.4 is 0 Å². The number of hydrogen-bond acceptors (Lipinski definition) is 2. The molecule has 0 radical (unpaired) electrons. The summed E-state index contributed by atoms with van der Waals surface area (Å²) in [7, 11) is 0. The van der Waals surface area contributed by atoms with Gasteiger partial charge in [-0.3, -0.25) is 4.79 Å². The van der Waals surface area contributed by atoms with Crippen molar-refractivity contribution >= 4 is 34.5 Å². The van der Waals surface area contributed by atoms with E-state index in [0.717, 1.165) is 3.57 Å². The predicted molar refractivity (Wildman–Crippen MR) is 82.5 cm³/mol. The fraction of sp³-hybridized carbons (Fsp3) is 0.200. The molecule has 0 aliphatic heterocycles. The minimum Gasteiger partial charge on any atom is -0.481 e. The van der Waals surface area contributed by atoms with Gasteiger partial charge in [-0.2, -0.15) is 0 Å². The smallest absolute Gasteiger partial charge is 0.332 e. The molecule has 1 aromatic rings. The van der Waals surface area contributed by atoms with Crippen molar-refractivity contribution in [3.63, 3.8) is 0 Å². The molecule has 1 aromatic carbocycles. The summed E-state index contributed by atoms with van der Waals surface area (Å²) in [6, 6.07) is 7.26. The minimum atomic E-state index is -1.10. The zero-order valence-corrected chi connectivity index (χ0v) is 12.9. The first-order valence-electron chi connectivity index (χ1n) is 5.98. The quantitative estimate of drug-likeness (QED) is 0.787. The third-order valence-electron chi connectivity index (χ3n) is 3.69. The maximum absolute atomic E-state index is 11.5. The average molecular weight is 384 g/mol. The van der Waals surface area contributed by atoms with Crippen molar-refractivity contribution < 1.29 is 19.8 Å². The number of carboxylic acid groups (broad SMARTS) is 2. The van der Waals surface area contributed by atoms with Crippen LogP contribution in [0.1, 0.15) is 12.5 Å². The first-order valence-corrected chi connectivity index (χ1v) is 7.06. The number of hydrogen-bond donors (Lipinski definition) is 2. The predicted octanol–water partition coefficient (Wildman–Crippen LogP) is 2.83. The summed E-state index contributed by atoms with van der Waals surface area (Å²) in [6.07, 6.45) is 4.50. The van der Waals surface area contributed by atoms with Crippen molar-refractivity contribution in [2.45, 2.75) is 12.3 Å². The van der Waals surface area contributed by atoms with Crippen molar-refractivity contribution in [3.05, 3.63) is 57.2 Å². The Morgan fingerprint density at radius 1 is 1.20 bits per heavy atom. The normalized spacial score (nSPS) is 25.1. The van der Waals surface area contributed by atoms with E-state index in [0.29, 0.717) is 5.56 Å². The number of allylic oxidation sites excluding steroid dienone is 2. The molecule has 104 valence electrons. The lowest BCUT2D eigenvalue weighted by Gasteiger charge is -2.36. The maximum atomic E-state index is 11.5. The second-order valence-electron chi connectivity index (χ2n) is 4.80. The molecule has 4 nitrogen and oxygen atoms in total. The van der Waals surface area contributed by atoms with Gasteiger partial charge in [-0.05, 0) is 47.2 Å². The van der Waals surface area contributed by atoms with Crippen LogP contribution in [0.5, 0.6) is 0 Å². The molecule has 2 atom stereocenters. The highest BCUT2D eigenvalue weighted by Crippen LogP contribution is 2.42. The van der Waals surface area contributed by atoms with E-state index >= 15 is 0 Å². The van der Waals surface area contributed by atoms with E-state index < -0.39 is 23.3 Å². The number of benzene rings is 1. The summed E-state index contributed by atoms with van der Waals surface area (Å²) in [6.45, 7) is 1.66. The lowest BCUT2D eigenvalue weighted by molar-refractivity contribution is -0.142. The number of halogens is 1. The summed E-state index contributed by atoms with van der Waals surface area (Å²) < 4.78 is 1.01. The molecule has 1 aliphatic carbocycles. The fourth-order valence-corrected chi connectivity index (χ4v) is 2.91. The SMILES string of the molecule is CC1(c2ccc(I)cc2)C(C(=O)O)=CC=CC1C(=O)O. The Labute approximate surface area is 130 Å². The standard InChI is InChI=1S/C15H13IO4/c1-15(9-5-7-10(16)8-6-9)11(13(17)18)3-2-4-12(15)14(19)20/h2-8,11H,1H3,(H,17,18)(H,19,20). The lowest BCUT2D eigenvalue weighted by atomic mass is 9.64. The van der Waals surface area contributed by atoms with Gasteiger partial charge in [0.2, 0.25) is 0 Å². The van der Waals surface area contributed by atoms with Crippen molar-refractivity contribution in [2.24, 2.45) is 5.92 Å². The third-order valence-corrected chi connectivity index (χ3v) is 4.41. The number of carbonyl (C=O) groups is 2.